The van der Waals surface area contributed by atoms with Gasteiger partial charge in [-0.05, 0) is 37.1 Å². The van der Waals surface area contributed by atoms with E-state index in [0.29, 0.717) is 17.7 Å². The molecule has 0 radical (unpaired) electrons. The second kappa shape index (κ2) is 8.98. The van der Waals surface area contributed by atoms with Crippen LogP contribution in [0.15, 0.2) is 48.5 Å². The molecule has 0 spiro atoms. The van der Waals surface area contributed by atoms with Crippen LogP contribution in [-0.2, 0) is 4.79 Å². The van der Waals surface area contributed by atoms with Crippen LogP contribution in [0.3, 0.4) is 0 Å². The average molecular weight is 368 g/mol. The third-order valence-electron chi connectivity index (χ3n) is 4.50. The number of anilines is 1. The molecule has 0 saturated heterocycles. The topological polar surface area (TPSA) is 95.5 Å². The number of carboxylic acid groups (broad SMARTS) is 1. The third-order valence-corrected chi connectivity index (χ3v) is 4.50. The van der Waals surface area contributed by atoms with Crippen LogP contribution in [0, 0.1) is 12.8 Å². The molecule has 0 unspecified atom stereocenters. The molecular formula is C21H24N2O4. The smallest absolute Gasteiger partial charge is 0.326 e. The number of nitrogens with one attached hydrogen (secondary N) is 2. The number of carbonyl (C=O) groups is 3. The number of carbonyl (C=O) groups excluding carboxylic acids is 2. The fourth-order valence-corrected chi connectivity index (χ4v) is 2.59. The first kappa shape index (κ1) is 20.2. The third kappa shape index (κ3) is 5.17. The molecule has 142 valence electrons. The van der Waals surface area contributed by atoms with Crippen LogP contribution in [0.5, 0.6) is 0 Å². The summed E-state index contributed by atoms with van der Waals surface area (Å²) in [6, 6.07) is 12.6. The van der Waals surface area contributed by atoms with Crippen molar-refractivity contribution in [3.05, 3.63) is 65.2 Å². The van der Waals surface area contributed by atoms with Crippen LogP contribution in [0.2, 0.25) is 0 Å². The Morgan fingerprint density at radius 1 is 1.00 bits per heavy atom. The van der Waals surface area contributed by atoms with Crippen LogP contribution >= 0.6 is 0 Å². The second-order valence-corrected chi connectivity index (χ2v) is 6.54. The molecule has 2 aromatic carbocycles. The highest BCUT2D eigenvalue weighted by Crippen LogP contribution is 2.18. The maximum absolute atomic E-state index is 12.6. The minimum Gasteiger partial charge on any atom is -0.480 e. The van der Waals surface area contributed by atoms with Gasteiger partial charge in [0.05, 0.1) is 11.3 Å². The zero-order valence-corrected chi connectivity index (χ0v) is 15.7. The highest BCUT2D eigenvalue weighted by atomic mass is 16.4. The van der Waals surface area contributed by atoms with E-state index in [-0.39, 0.29) is 17.4 Å². The standard InChI is InChI=1S/C21H24N2O4/c1-4-14(3)18(21(26)27)23-20(25)16-7-5-6-8-17(16)22-19(24)15-11-9-13(2)10-12-15/h5-12,14,18H,4H2,1-3H3,(H,22,24)(H,23,25)(H,26,27)/t14-,18+/m1/s1. The Labute approximate surface area is 158 Å². The summed E-state index contributed by atoms with van der Waals surface area (Å²) in [6.45, 7) is 5.56. The quantitative estimate of drug-likeness (QED) is 0.697. The molecule has 0 bridgehead atoms. The number of aliphatic carboxylic acids is 1. The number of para-hydroxylation sites is 1. The van der Waals surface area contributed by atoms with Gasteiger partial charge in [0.25, 0.3) is 11.8 Å². The second-order valence-electron chi connectivity index (χ2n) is 6.54. The zero-order valence-electron chi connectivity index (χ0n) is 15.7. The maximum atomic E-state index is 12.6. The highest BCUT2D eigenvalue weighted by Gasteiger charge is 2.26. The Balaban J connectivity index is 2.21. The molecule has 2 rings (SSSR count). The molecule has 0 aliphatic carbocycles. The number of benzene rings is 2. The molecule has 0 aliphatic rings. The number of carboxylic acids is 1. The van der Waals surface area contributed by atoms with Crippen LogP contribution in [0.4, 0.5) is 5.69 Å². The predicted octanol–water partition coefficient (Wildman–Crippen LogP) is 3.48. The zero-order chi connectivity index (χ0) is 20.0. The molecule has 3 N–H and O–H groups in total. The van der Waals surface area contributed by atoms with Gasteiger partial charge in [0.1, 0.15) is 6.04 Å². The fraction of sp³-hybridized carbons (Fsp3) is 0.286. The first-order valence-corrected chi connectivity index (χ1v) is 8.84. The van der Waals surface area contributed by atoms with Gasteiger partial charge in [0, 0.05) is 5.56 Å². The van der Waals surface area contributed by atoms with Crippen molar-refractivity contribution in [1.82, 2.24) is 5.32 Å². The van der Waals surface area contributed by atoms with Crippen molar-refractivity contribution in [1.29, 1.82) is 0 Å². The summed E-state index contributed by atoms with van der Waals surface area (Å²) in [7, 11) is 0. The number of hydrogen-bond acceptors (Lipinski definition) is 3. The van der Waals surface area contributed by atoms with Gasteiger partial charge in [-0.1, -0.05) is 50.1 Å². The molecule has 27 heavy (non-hydrogen) atoms. The molecular weight excluding hydrogens is 344 g/mol. The predicted molar refractivity (Wildman–Crippen MR) is 104 cm³/mol. The summed E-state index contributed by atoms with van der Waals surface area (Å²) in [6.07, 6.45) is 0.614. The Morgan fingerprint density at radius 3 is 2.22 bits per heavy atom. The number of rotatable bonds is 7. The number of hydrogen-bond donors (Lipinski definition) is 3. The summed E-state index contributed by atoms with van der Waals surface area (Å²) < 4.78 is 0. The van der Waals surface area contributed by atoms with Gasteiger partial charge in [0.2, 0.25) is 0 Å². The number of aryl methyl sites for hydroxylation is 1. The first-order valence-electron chi connectivity index (χ1n) is 8.84. The van der Waals surface area contributed by atoms with Gasteiger partial charge in [0.15, 0.2) is 0 Å². The molecule has 0 saturated carbocycles. The molecule has 6 nitrogen and oxygen atoms in total. The lowest BCUT2D eigenvalue weighted by Gasteiger charge is -2.21. The van der Waals surface area contributed by atoms with Crippen molar-refractivity contribution in [2.75, 3.05) is 5.32 Å². The van der Waals surface area contributed by atoms with E-state index in [1.807, 2.05) is 26.0 Å². The SMILES string of the molecule is CC[C@@H](C)[C@H](NC(=O)c1ccccc1NC(=O)c1ccc(C)cc1)C(=O)O. The summed E-state index contributed by atoms with van der Waals surface area (Å²) in [5, 5.41) is 14.7. The molecule has 2 amide bonds. The van der Waals surface area contributed by atoms with Crippen molar-refractivity contribution >= 4 is 23.5 Å². The van der Waals surface area contributed by atoms with Gasteiger partial charge in [-0.3, -0.25) is 9.59 Å². The van der Waals surface area contributed by atoms with Gasteiger partial charge in [-0.2, -0.15) is 0 Å². The van der Waals surface area contributed by atoms with Crippen LogP contribution in [0.25, 0.3) is 0 Å². The summed E-state index contributed by atoms with van der Waals surface area (Å²) in [5.41, 5.74) is 2.05. The van der Waals surface area contributed by atoms with E-state index in [1.54, 1.807) is 43.3 Å². The molecule has 0 aliphatic heterocycles. The average Bonchev–Trinajstić information content (AvgIpc) is 2.66. The van der Waals surface area contributed by atoms with Gasteiger partial charge >= 0.3 is 5.97 Å². The minimum absolute atomic E-state index is 0.215. The summed E-state index contributed by atoms with van der Waals surface area (Å²) in [5.74, 6) is -2.19. The Kier molecular flexibility index (Phi) is 6.71. The van der Waals surface area contributed by atoms with Crippen molar-refractivity contribution < 1.29 is 19.5 Å². The lowest BCUT2D eigenvalue weighted by molar-refractivity contribution is -0.140. The van der Waals surface area contributed by atoms with Gasteiger partial charge < -0.3 is 15.7 Å². The normalized spacial score (nSPS) is 12.7. The van der Waals surface area contributed by atoms with E-state index in [9.17, 15) is 19.5 Å². The van der Waals surface area contributed by atoms with Crippen molar-refractivity contribution in [2.24, 2.45) is 5.92 Å². The molecule has 2 atom stereocenters. The maximum Gasteiger partial charge on any atom is 0.326 e. The Morgan fingerprint density at radius 2 is 1.63 bits per heavy atom. The minimum atomic E-state index is -1.08. The van der Waals surface area contributed by atoms with Crippen LogP contribution in [0.1, 0.15) is 46.5 Å². The van der Waals surface area contributed by atoms with Crippen LogP contribution < -0.4 is 10.6 Å². The highest BCUT2D eigenvalue weighted by molar-refractivity contribution is 6.09. The van der Waals surface area contributed by atoms with Crippen molar-refractivity contribution in [3.8, 4) is 0 Å². The van der Waals surface area contributed by atoms with Crippen molar-refractivity contribution in [2.45, 2.75) is 33.2 Å². The molecule has 2 aromatic rings. The van der Waals surface area contributed by atoms with E-state index >= 15 is 0 Å². The number of amides is 2. The van der Waals surface area contributed by atoms with E-state index in [1.165, 1.54) is 0 Å². The van der Waals surface area contributed by atoms with E-state index in [0.717, 1.165) is 5.56 Å². The Bertz CT molecular complexity index is 830. The molecule has 0 heterocycles. The lowest BCUT2D eigenvalue weighted by Crippen LogP contribution is -2.45. The molecule has 0 aromatic heterocycles. The van der Waals surface area contributed by atoms with Crippen molar-refractivity contribution in [3.63, 3.8) is 0 Å². The summed E-state index contributed by atoms with van der Waals surface area (Å²) >= 11 is 0. The van der Waals surface area contributed by atoms with Gasteiger partial charge in [-0.25, -0.2) is 4.79 Å². The van der Waals surface area contributed by atoms with Gasteiger partial charge in [-0.15, -0.1) is 0 Å². The largest absolute Gasteiger partial charge is 0.480 e. The van der Waals surface area contributed by atoms with E-state index in [2.05, 4.69) is 10.6 Å². The van der Waals surface area contributed by atoms with Crippen LogP contribution in [-0.4, -0.2) is 28.9 Å². The molecule has 0 fully saturated rings. The Hall–Kier alpha value is -3.15. The summed E-state index contributed by atoms with van der Waals surface area (Å²) in [4.78, 5) is 36.5. The molecule has 6 heteroatoms. The van der Waals surface area contributed by atoms with E-state index < -0.39 is 17.9 Å². The monoisotopic (exact) mass is 368 g/mol. The fourth-order valence-electron chi connectivity index (χ4n) is 2.59. The van der Waals surface area contributed by atoms with E-state index in [4.69, 9.17) is 0 Å². The first-order chi connectivity index (χ1) is 12.8. The lowest BCUT2D eigenvalue weighted by atomic mass is 9.98.